The fraction of sp³-hybridized carbons (Fsp3) is 0.600. The molecule has 2 aromatic rings. The van der Waals surface area contributed by atoms with Gasteiger partial charge in [-0.3, -0.25) is 0 Å². The van der Waals surface area contributed by atoms with Crippen molar-refractivity contribution in [1.82, 2.24) is 14.6 Å². The van der Waals surface area contributed by atoms with Gasteiger partial charge in [0.15, 0.2) is 5.82 Å². The van der Waals surface area contributed by atoms with Crippen molar-refractivity contribution in [2.45, 2.75) is 45.8 Å². The quantitative estimate of drug-likeness (QED) is 0.935. The molecular formula is C15H22N4O. The van der Waals surface area contributed by atoms with Crippen LogP contribution >= 0.6 is 0 Å². The maximum Gasteiger partial charge on any atom is 0.152 e. The number of aromatic nitrogens is 3. The molecule has 1 N–H and O–H groups in total. The molecular weight excluding hydrogens is 252 g/mol. The van der Waals surface area contributed by atoms with Crippen molar-refractivity contribution in [3.8, 4) is 0 Å². The number of aryl methyl sites for hydroxylation is 1. The topological polar surface area (TPSA) is 51.5 Å². The summed E-state index contributed by atoms with van der Waals surface area (Å²) in [6, 6.07) is 2.40. The van der Waals surface area contributed by atoms with E-state index in [4.69, 9.17) is 4.74 Å². The summed E-state index contributed by atoms with van der Waals surface area (Å²) in [4.78, 5) is 4.47. The average Bonchev–Trinajstić information content (AvgIpc) is 2.79. The summed E-state index contributed by atoms with van der Waals surface area (Å²) < 4.78 is 7.54. The molecule has 0 radical (unpaired) electrons. The van der Waals surface area contributed by atoms with Crippen LogP contribution in [0, 0.1) is 12.3 Å². The fourth-order valence-electron chi connectivity index (χ4n) is 3.04. The fourth-order valence-corrected chi connectivity index (χ4v) is 3.04. The van der Waals surface area contributed by atoms with Crippen LogP contribution in [0.3, 0.4) is 0 Å². The van der Waals surface area contributed by atoms with Gasteiger partial charge in [0.25, 0.3) is 0 Å². The molecule has 108 valence electrons. The van der Waals surface area contributed by atoms with Gasteiger partial charge >= 0.3 is 0 Å². The first-order valence-corrected chi connectivity index (χ1v) is 7.00. The Hall–Kier alpha value is -1.62. The van der Waals surface area contributed by atoms with Gasteiger partial charge in [0.05, 0.1) is 11.3 Å². The Bertz CT molecular complexity index is 648. The molecule has 0 aliphatic heterocycles. The van der Waals surface area contributed by atoms with E-state index < -0.39 is 0 Å². The van der Waals surface area contributed by atoms with E-state index in [-0.39, 0.29) is 11.0 Å². The van der Waals surface area contributed by atoms with E-state index >= 15 is 0 Å². The number of methoxy groups -OCH3 is 1. The molecule has 0 saturated heterocycles. The molecule has 2 unspecified atom stereocenters. The van der Waals surface area contributed by atoms with Gasteiger partial charge in [-0.15, -0.1) is 0 Å². The molecule has 5 heteroatoms. The van der Waals surface area contributed by atoms with E-state index in [1.165, 1.54) is 0 Å². The van der Waals surface area contributed by atoms with E-state index in [2.05, 4.69) is 42.2 Å². The third-order valence-corrected chi connectivity index (χ3v) is 5.10. The normalized spacial score (nSPS) is 28.4. The Kier molecular flexibility index (Phi) is 2.80. The van der Waals surface area contributed by atoms with Crippen LogP contribution in [0.5, 0.6) is 0 Å². The molecule has 0 amide bonds. The van der Waals surface area contributed by atoms with Gasteiger partial charge in [0, 0.05) is 31.0 Å². The van der Waals surface area contributed by atoms with Gasteiger partial charge in [0.2, 0.25) is 0 Å². The van der Waals surface area contributed by atoms with E-state index in [9.17, 15) is 0 Å². The standard InChI is InChI=1S/C15H22N4O/c1-10-8-11-13(16-6-7-19(11)18-10)17-12-9-15(4,20-5)14(12,2)3/h6-8,12H,9H2,1-5H3,(H,16,17). The summed E-state index contributed by atoms with van der Waals surface area (Å²) in [5.74, 6) is 0.893. The average molecular weight is 274 g/mol. The molecule has 0 spiro atoms. The highest BCUT2D eigenvalue weighted by Gasteiger charge is 2.57. The molecule has 20 heavy (non-hydrogen) atoms. The van der Waals surface area contributed by atoms with Gasteiger partial charge in [0.1, 0.15) is 5.52 Å². The SMILES string of the molecule is COC1(C)CC(Nc2nccn3nc(C)cc23)C1(C)C. The first-order valence-electron chi connectivity index (χ1n) is 7.00. The summed E-state index contributed by atoms with van der Waals surface area (Å²) in [5.41, 5.74) is 2.00. The highest BCUT2D eigenvalue weighted by atomic mass is 16.5. The molecule has 2 heterocycles. The molecule has 5 nitrogen and oxygen atoms in total. The zero-order valence-electron chi connectivity index (χ0n) is 12.8. The second-order valence-electron chi connectivity index (χ2n) is 6.45. The minimum Gasteiger partial charge on any atom is -0.378 e. The first-order chi connectivity index (χ1) is 9.37. The van der Waals surface area contributed by atoms with Crippen LogP contribution in [-0.2, 0) is 4.74 Å². The highest BCUT2D eigenvalue weighted by molar-refractivity contribution is 5.68. The third kappa shape index (κ3) is 1.73. The van der Waals surface area contributed by atoms with Gasteiger partial charge in [-0.25, -0.2) is 9.50 Å². The molecule has 1 aliphatic carbocycles. The van der Waals surface area contributed by atoms with Gasteiger partial charge in [-0.05, 0) is 26.3 Å². The van der Waals surface area contributed by atoms with Crippen LogP contribution < -0.4 is 5.32 Å². The first kappa shape index (κ1) is 13.4. The monoisotopic (exact) mass is 274 g/mol. The lowest BCUT2D eigenvalue weighted by molar-refractivity contribution is -0.166. The lowest BCUT2D eigenvalue weighted by Crippen LogP contribution is -2.65. The Balaban J connectivity index is 1.88. The number of hydrogen-bond donors (Lipinski definition) is 1. The molecule has 2 atom stereocenters. The largest absolute Gasteiger partial charge is 0.378 e. The van der Waals surface area contributed by atoms with Gasteiger partial charge < -0.3 is 10.1 Å². The van der Waals surface area contributed by atoms with Crippen molar-refractivity contribution in [3.05, 3.63) is 24.2 Å². The number of anilines is 1. The van der Waals surface area contributed by atoms with Crippen LogP contribution in [-0.4, -0.2) is 33.4 Å². The van der Waals surface area contributed by atoms with E-state index in [1.807, 2.05) is 17.6 Å². The van der Waals surface area contributed by atoms with Crippen molar-refractivity contribution in [2.24, 2.45) is 5.41 Å². The maximum atomic E-state index is 5.67. The minimum absolute atomic E-state index is 0.0608. The molecule has 3 rings (SSSR count). The van der Waals surface area contributed by atoms with Gasteiger partial charge in [-0.2, -0.15) is 5.10 Å². The molecule has 1 aliphatic rings. The van der Waals surface area contributed by atoms with Crippen molar-refractivity contribution >= 4 is 11.3 Å². The van der Waals surface area contributed by atoms with Crippen LogP contribution in [0.15, 0.2) is 18.5 Å². The van der Waals surface area contributed by atoms with Crippen LogP contribution in [0.25, 0.3) is 5.52 Å². The van der Waals surface area contributed by atoms with Crippen molar-refractivity contribution < 1.29 is 4.74 Å². The second-order valence-corrected chi connectivity index (χ2v) is 6.45. The summed E-state index contributed by atoms with van der Waals surface area (Å²) >= 11 is 0. The number of nitrogens with one attached hydrogen (secondary N) is 1. The highest BCUT2D eigenvalue weighted by Crippen LogP contribution is 2.52. The smallest absolute Gasteiger partial charge is 0.152 e. The number of nitrogens with zero attached hydrogens (tertiary/aromatic N) is 3. The molecule has 2 aromatic heterocycles. The second kappa shape index (κ2) is 4.19. The van der Waals surface area contributed by atoms with E-state index in [0.717, 1.165) is 23.4 Å². The Morgan fingerprint density at radius 3 is 2.80 bits per heavy atom. The molecule has 0 aromatic carbocycles. The summed E-state index contributed by atoms with van der Waals surface area (Å²) in [5, 5.41) is 7.98. The van der Waals surface area contributed by atoms with E-state index in [0.29, 0.717) is 6.04 Å². The number of rotatable bonds is 3. The van der Waals surface area contributed by atoms with Crippen molar-refractivity contribution in [1.29, 1.82) is 0 Å². The Morgan fingerprint density at radius 1 is 1.40 bits per heavy atom. The van der Waals surface area contributed by atoms with Crippen LogP contribution in [0.1, 0.15) is 32.9 Å². The van der Waals surface area contributed by atoms with Crippen LogP contribution in [0.2, 0.25) is 0 Å². The number of hydrogen-bond acceptors (Lipinski definition) is 4. The predicted molar refractivity (Wildman–Crippen MR) is 78.9 cm³/mol. The zero-order valence-corrected chi connectivity index (χ0v) is 12.8. The Morgan fingerprint density at radius 2 is 2.15 bits per heavy atom. The molecule has 1 saturated carbocycles. The third-order valence-electron chi connectivity index (χ3n) is 5.10. The van der Waals surface area contributed by atoms with E-state index in [1.54, 1.807) is 13.3 Å². The summed E-state index contributed by atoms with van der Waals surface area (Å²) in [6.45, 7) is 8.63. The predicted octanol–water partition coefficient (Wildman–Crippen LogP) is 2.65. The molecule has 1 fully saturated rings. The maximum absolute atomic E-state index is 5.67. The Labute approximate surface area is 119 Å². The summed E-state index contributed by atoms with van der Waals surface area (Å²) in [7, 11) is 1.79. The van der Waals surface area contributed by atoms with Crippen LogP contribution in [0.4, 0.5) is 5.82 Å². The van der Waals surface area contributed by atoms with Gasteiger partial charge in [-0.1, -0.05) is 13.8 Å². The number of fused-ring (bicyclic) bond motifs is 1. The minimum atomic E-state index is -0.0775. The van der Waals surface area contributed by atoms with Crippen molar-refractivity contribution in [3.63, 3.8) is 0 Å². The lowest BCUT2D eigenvalue weighted by Gasteiger charge is -2.59. The molecule has 0 bridgehead atoms. The summed E-state index contributed by atoms with van der Waals surface area (Å²) in [6.07, 6.45) is 4.63. The number of ether oxygens (including phenoxy) is 1. The zero-order chi connectivity index (χ0) is 14.5. The lowest BCUT2D eigenvalue weighted by atomic mass is 9.56. The van der Waals surface area contributed by atoms with Crippen molar-refractivity contribution in [2.75, 3.05) is 12.4 Å².